The number of benzene rings is 1. The summed E-state index contributed by atoms with van der Waals surface area (Å²) in [6.07, 6.45) is 6.46. The highest BCUT2D eigenvalue weighted by atomic mass is 16.1. The summed E-state index contributed by atoms with van der Waals surface area (Å²) < 4.78 is 0. The Balaban J connectivity index is 2.21. The Labute approximate surface area is 109 Å². The second-order valence-electron chi connectivity index (χ2n) is 5.23. The number of nitrogens with two attached hydrogens (primary N) is 1. The fourth-order valence-corrected chi connectivity index (χ4v) is 2.75. The van der Waals surface area contributed by atoms with Crippen LogP contribution in [0, 0.1) is 0 Å². The number of Topliss-reactive ketones (excluding diaryl/α,β-unsaturated/α-hetero) is 1. The van der Waals surface area contributed by atoms with Crippen molar-refractivity contribution in [1.82, 2.24) is 0 Å². The van der Waals surface area contributed by atoms with Gasteiger partial charge in [-0.05, 0) is 38.0 Å². The van der Waals surface area contributed by atoms with Crippen LogP contribution < -0.4 is 10.6 Å². The molecule has 3 heteroatoms. The third-order valence-electron chi connectivity index (χ3n) is 3.95. The monoisotopic (exact) mass is 246 g/mol. The Hall–Kier alpha value is -1.51. The Morgan fingerprint density at radius 3 is 2.56 bits per heavy atom. The average Bonchev–Trinajstić information content (AvgIpc) is 2.39. The Morgan fingerprint density at radius 1 is 1.28 bits per heavy atom. The van der Waals surface area contributed by atoms with E-state index in [0.29, 0.717) is 17.3 Å². The molecule has 2 rings (SSSR count). The van der Waals surface area contributed by atoms with E-state index in [9.17, 15) is 4.79 Å². The first-order chi connectivity index (χ1) is 8.59. The Kier molecular flexibility index (Phi) is 3.90. The summed E-state index contributed by atoms with van der Waals surface area (Å²) in [7, 11) is 2.12. The Morgan fingerprint density at radius 2 is 1.94 bits per heavy atom. The van der Waals surface area contributed by atoms with Crippen molar-refractivity contribution >= 4 is 17.2 Å². The van der Waals surface area contributed by atoms with Crippen LogP contribution in [-0.4, -0.2) is 18.9 Å². The van der Waals surface area contributed by atoms with E-state index in [-0.39, 0.29) is 5.78 Å². The first-order valence-corrected chi connectivity index (χ1v) is 6.73. The summed E-state index contributed by atoms with van der Waals surface area (Å²) >= 11 is 0. The fraction of sp³-hybridized carbons (Fsp3) is 0.533. The molecule has 3 nitrogen and oxygen atoms in total. The van der Waals surface area contributed by atoms with Gasteiger partial charge in [0.15, 0.2) is 5.78 Å². The van der Waals surface area contributed by atoms with Crippen molar-refractivity contribution < 1.29 is 4.79 Å². The molecule has 98 valence electrons. The normalized spacial score (nSPS) is 16.6. The minimum atomic E-state index is 0.0337. The lowest BCUT2D eigenvalue weighted by atomic mass is 9.94. The molecule has 0 aliphatic heterocycles. The predicted octanol–water partition coefficient (Wildman–Crippen LogP) is 3.24. The first kappa shape index (κ1) is 12.9. The van der Waals surface area contributed by atoms with E-state index in [1.54, 1.807) is 6.92 Å². The highest BCUT2D eigenvalue weighted by molar-refractivity contribution is 6.00. The van der Waals surface area contributed by atoms with Crippen LogP contribution in [0.15, 0.2) is 18.2 Å². The average molecular weight is 246 g/mol. The van der Waals surface area contributed by atoms with Crippen LogP contribution in [0.1, 0.15) is 49.4 Å². The van der Waals surface area contributed by atoms with E-state index in [2.05, 4.69) is 11.9 Å². The summed E-state index contributed by atoms with van der Waals surface area (Å²) in [5.41, 5.74) is 8.13. The number of anilines is 2. The minimum absolute atomic E-state index is 0.0337. The summed E-state index contributed by atoms with van der Waals surface area (Å²) in [5, 5.41) is 0. The standard InChI is InChI=1S/C15H22N2O/c1-11(18)14-10-13(8-9-15(14)16)17(2)12-6-4-3-5-7-12/h8-10,12H,3-7,16H2,1-2H3. The molecule has 0 heterocycles. The van der Waals surface area contributed by atoms with Crippen molar-refractivity contribution in [3.63, 3.8) is 0 Å². The molecule has 0 spiro atoms. The van der Waals surface area contributed by atoms with E-state index in [1.807, 2.05) is 18.2 Å². The van der Waals surface area contributed by atoms with Crippen LogP contribution in [0.3, 0.4) is 0 Å². The van der Waals surface area contributed by atoms with Crippen molar-refractivity contribution in [1.29, 1.82) is 0 Å². The van der Waals surface area contributed by atoms with Crippen LogP contribution >= 0.6 is 0 Å². The molecular formula is C15H22N2O. The second-order valence-corrected chi connectivity index (χ2v) is 5.23. The predicted molar refractivity (Wildman–Crippen MR) is 76.1 cm³/mol. The quantitative estimate of drug-likeness (QED) is 0.658. The van der Waals surface area contributed by atoms with Crippen molar-refractivity contribution in [2.45, 2.75) is 45.1 Å². The van der Waals surface area contributed by atoms with Crippen molar-refractivity contribution in [2.24, 2.45) is 0 Å². The van der Waals surface area contributed by atoms with Gasteiger partial charge in [-0.25, -0.2) is 0 Å². The zero-order valence-corrected chi connectivity index (χ0v) is 11.3. The van der Waals surface area contributed by atoms with E-state index < -0.39 is 0 Å². The SMILES string of the molecule is CC(=O)c1cc(N(C)C2CCCCC2)ccc1N. The van der Waals surface area contributed by atoms with E-state index in [0.717, 1.165) is 5.69 Å². The van der Waals surface area contributed by atoms with Gasteiger partial charge < -0.3 is 10.6 Å². The highest BCUT2D eigenvalue weighted by Gasteiger charge is 2.19. The van der Waals surface area contributed by atoms with Gasteiger partial charge in [-0.3, -0.25) is 4.79 Å². The van der Waals surface area contributed by atoms with Gasteiger partial charge in [-0.1, -0.05) is 19.3 Å². The molecule has 0 atom stereocenters. The van der Waals surface area contributed by atoms with Gasteiger partial charge in [-0.15, -0.1) is 0 Å². The van der Waals surface area contributed by atoms with Gasteiger partial charge in [0.2, 0.25) is 0 Å². The van der Waals surface area contributed by atoms with Gasteiger partial charge in [0.25, 0.3) is 0 Å². The molecule has 1 aromatic rings. The molecule has 1 aromatic carbocycles. The van der Waals surface area contributed by atoms with E-state index in [4.69, 9.17) is 5.73 Å². The number of hydrogen-bond donors (Lipinski definition) is 1. The molecule has 0 saturated heterocycles. The number of carbonyl (C=O) groups is 1. The summed E-state index contributed by atoms with van der Waals surface area (Å²) in [6.45, 7) is 1.57. The number of carbonyl (C=O) groups excluding carboxylic acids is 1. The van der Waals surface area contributed by atoms with Crippen LogP contribution in [0.2, 0.25) is 0 Å². The van der Waals surface area contributed by atoms with Gasteiger partial charge in [0, 0.05) is 30.0 Å². The Bertz CT molecular complexity index is 436. The van der Waals surface area contributed by atoms with Crippen molar-refractivity contribution in [3.8, 4) is 0 Å². The van der Waals surface area contributed by atoms with Crippen LogP contribution in [0.4, 0.5) is 11.4 Å². The summed E-state index contributed by atoms with van der Waals surface area (Å²) in [6, 6.07) is 6.37. The number of rotatable bonds is 3. The number of hydrogen-bond acceptors (Lipinski definition) is 3. The topological polar surface area (TPSA) is 46.3 Å². The van der Waals surface area contributed by atoms with Gasteiger partial charge in [-0.2, -0.15) is 0 Å². The van der Waals surface area contributed by atoms with Crippen LogP contribution in [-0.2, 0) is 0 Å². The largest absolute Gasteiger partial charge is 0.398 e. The van der Waals surface area contributed by atoms with Gasteiger partial charge >= 0.3 is 0 Å². The van der Waals surface area contributed by atoms with Crippen LogP contribution in [0.25, 0.3) is 0 Å². The second kappa shape index (κ2) is 5.42. The highest BCUT2D eigenvalue weighted by Crippen LogP contribution is 2.28. The van der Waals surface area contributed by atoms with Crippen LogP contribution in [0.5, 0.6) is 0 Å². The zero-order valence-electron chi connectivity index (χ0n) is 11.3. The van der Waals surface area contributed by atoms with E-state index >= 15 is 0 Å². The molecule has 0 bridgehead atoms. The molecule has 0 radical (unpaired) electrons. The summed E-state index contributed by atoms with van der Waals surface area (Å²) in [5.74, 6) is 0.0337. The molecule has 1 fully saturated rings. The lowest BCUT2D eigenvalue weighted by molar-refractivity contribution is 0.101. The van der Waals surface area contributed by atoms with Gasteiger partial charge in [0.05, 0.1) is 0 Å². The maximum atomic E-state index is 11.5. The fourth-order valence-electron chi connectivity index (χ4n) is 2.75. The lowest BCUT2D eigenvalue weighted by Gasteiger charge is -2.33. The van der Waals surface area contributed by atoms with E-state index in [1.165, 1.54) is 32.1 Å². The molecule has 0 unspecified atom stereocenters. The molecule has 1 aliphatic carbocycles. The zero-order chi connectivity index (χ0) is 13.1. The molecular weight excluding hydrogens is 224 g/mol. The summed E-state index contributed by atoms with van der Waals surface area (Å²) in [4.78, 5) is 13.8. The third kappa shape index (κ3) is 2.66. The number of nitrogen functional groups attached to an aromatic ring is 1. The molecule has 0 amide bonds. The molecule has 0 aromatic heterocycles. The smallest absolute Gasteiger partial charge is 0.161 e. The molecule has 1 aliphatic rings. The number of nitrogens with zero attached hydrogens (tertiary/aromatic N) is 1. The number of ketones is 1. The van der Waals surface area contributed by atoms with Crippen molar-refractivity contribution in [3.05, 3.63) is 23.8 Å². The lowest BCUT2D eigenvalue weighted by Crippen LogP contribution is -2.33. The maximum absolute atomic E-state index is 11.5. The van der Waals surface area contributed by atoms with Crippen molar-refractivity contribution in [2.75, 3.05) is 17.7 Å². The first-order valence-electron chi connectivity index (χ1n) is 6.73. The minimum Gasteiger partial charge on any atom is -0.398 e. The maximum Gasteiger partial charge on any atom is 0.161 e. The third-order valence-corrected chi connectivity index (χ3v) is 3.95. The molecule has 18 heavy (non-hydrogen) atoms. The molecule has 2 N–H and O–H groups in total. The van der Waals surface area contributed by atoms with Gasteiger partial charge in [0.1, 0.15) is 0 Å². The molecule has 1 saturated carbocycles.